The Morgan fingerprint density at radius 2 is 1.91 bits per heavy atom. The number of benzene rings is 1. The zero-order valence-electron chi connectivity index (χ0n) is 17.2. The minimum atomic E-state index is -0.235. The van der Waals surface area contributed by atoms with E-state index in [1.54, 1.807) is 24.5 Å². The lowest BCUT2D eigenvalue weighted by Crippen LogP contribution is -2.41. The van der Waals surface area contributed by atoms with Gasteiger partial charge in [-0.15, -0.1) is 0 Å². The van der Waals surface area contributed by atoms with E-state index in [-0.39, 0.29) is 12.1 Å². The lowest BCUT2D eigenvalue weighted by molar-refractivity contribution is 0.0767. The van der Waals surface area contributed by atoms with Gasteiger partial charge in [-0.25, -0.2) is 9.97 Å². The summed E-state index contributed by atoms with van der Waals surface area (Å²) in [6.45, 7) is 0.949. The molecule has 166 valence electrons. The second-order valence-corrected chi connectivity index (χ2v) is 7.75. The van der Waals surface area contributed by atoms with Gasteiger partial charge in [0.25, 0.3) is 0 Å². The lowest BCUT2D eigenvalue weighted by Gasteiger charge is -2.28. The van der Waals surface area contributed by atoms with Crippen LogP contribution in [0.25, 0.3) is 32.6 Å². The van der Waals surface area contributed by atoms with Crippen molar-refractivity contribution in [3.8, 4) is 22.8 Å². The number of nitrogens with one attached hydrogen (secondary N) is 1. The molecular formula is C20H19Cl2N7O3. The number of nitrogens with zero attached hydrogens (tertiary/aromatic N) is 6. The Bertz CT molecular complexity index is 1180. The summed E-state index contributed by atoms with van der Waals surface area (Å²) in [5, 5.41) is 8.41. The van der Waals surface area contributed by atoms with Crippen LogP contribution in [0.1, 0.15) is 6.42 Å². The average molecular weight is 476 g/mol. The zero-order valence-corrected chi connectivity index (χ0v) is 18.8. The Balaban J connectivity index is 1.68. The number of hydrogen-bond donors (Lipinski definition) is 1. The number of halogens is 2. The quantitative estimate of drug-likeness (QED) is 0.305. The molecule has 2 atom stereocenters. The molecular weight excluding hydrogens is 457 g/mol. The van der Waals surface area contributed by atoms with Gasteiger partial charge in [-0.3, -0.25) is 4.98 Å². The third-order valence-corrected chi connectivity index (χ3v) is 5.88. The first-order valence-electron chi connectivity index (χ1n) is 9.67. The molecule has 32 heavy (non-hydrogen) atoms. The molecule has 1 saturated heterocycles. The molecule has 1 aliphatic heterocycles. The number of anilines is 1. The summed E-state index contributed by atoms with van der Waals surface area (Å²) in [5.41, 5.74) is 10.4. The van der Waals surface area contributed by atoms with Crippen molar-refractivity contribution in [2.24, 2.45) is 5.11 Å². The minimum Gasteiger partial charge on any atom is -0.495 e. The van der Waals surface area contributed by atoms with Crippen LogP contribution in [0.3, 0.4) is 0 Å². The van der Waals surface area contributed by atoms with E-state index in [9.17, 15) is 0 Å². The lowest BCUT2D eigenvalue weighted by atomic mass is 10.1. The highest BCUT2D eigenvalue weighted by Crippen LogP contribution is 2.45. The van der Waals surface area contributed by atoms with Crippen LogP contribution in [-0.4, -0.2) is 54.5 Å². The summed E-state index contributed by atoms with van der Waals surface area (Å²) < 4.78 is 16.2. The Morgan fingerprint density at radius 3 is 2.59 bits per heavy atom. The van der Waals surface area contributed by atoms with Crippen molar-refractivity contribution in [3.05, 3.63) is 45.0 Å². The second-order valence-electron chi connectivity index (χ2n) is 6.99. The molecule has 4 rings (SSSR count). The first kappa shape index (κ1) is 22.2. The summed E-state index contributed by atoms with van der Waals surface area (Å²) in [7, 11) is 3.02. The van der Waals surface area contributed by atoms with Gasteiger partial charge in [0.2, 0.25) is 5.95 Å². The van der Waals surface area contributed by atoms with Crippen LogP contribution in [0.5, 0.6) is 11.5 Å². The van der Waals surface area contributed by atoms with Crippen molar-refractivity contribution in [2.45, 2.75) is 18.5 Å². The predicted molar refractivity (Wildman–Crippen MR) is 122 cm³/mol. The zero-order chi connectivity index (χ0) is 22.7. The van der Waals surface area contributed by atoms with Gasteiger partial charge in [-0.2, -0.15) is 0 Å². The number of rotatable bonds is 6. The van der Waals surface area contributed by atoms with Crippen molar-refractivity contribution < 1.29 is 14.2 Å². The van der Waals surface area contributed by atoms with E-state index < -0.39 is 0 Å². The highest BCUT2D eigenvalue weighted by molar-refractivity contribution is 6.41. The molecule has 0 radical (unpaired) electrons. The smallest absolute Gasteiger partial charge is 0.223 e. The fourth-order valence-electron chi connectivity index (χ4n) is 3.49. The molecule has 0 amide bonds. The SMILES string of the molecule is COc1cc(OC)c(Cl)c(-c2cc3cnc(N[C@@H]4COCC[C@@H]4N=[N+]=[N-])nc3cn2)c1Cl. The van der Waals surface area contributed by atoms with Crippen LogP contribution < -0.4 is 14.8 Å². The predicted octanol–water partition coefficient (Wildman–Crippen LogP) is 4.90. The Kier molecular flexibility index (Phi) is 6.66. The van der Waals surface area contributed by atoms with Crippen LogP contribution >= 0.6 is 23.2 Å². The van der Waals surface area contributed by atoms with E-state index in [4.69, 9.17) is 42.9 Å². The maximum atomic E-state index is 8.78. The number of pyridine rings is 1. The third kappa shape index (κ3) is 4.31. The summed E-state index contributed by atoms with van der Waals surface area (Å²) in [6, 6.07) is 2.96. The molecule has 1 N–H and O–H groups in total. The molecule has 3 aromatic rings. The molecule has 0 spiro atoms. The number of ether oxygens (including phenoxy) is 3. The van der Waals surface area contributed by atoms with Crippen LogP contribution in [0, 0.1) is 0 Å². The molecule has 2 aromatic heterocycles. The number of fused-ring (bicyclic) bond motifs is 1. The highest BCUT2D eigenvalue weighted by Gasteiger charge is 2.25. The largest absolute Gasteiger partial charge is 0.495 e. The number of azide groups is 1. The van der Waals surface area contributed by atoms with Crippen molar-refractivity contribution in [1.29, 1.82) is 0 Å². The Labute approximate surface area is 193 Å². The van der Waals surface area contributed by atoms with E-state index in [1.807, 2.05) is 0 Å². The molecule has 1 aromatic carbocycles. The van der Waals surface area contributed by atoms with Gasteiger partial charge in [0, 0.05) is 34.7 Å². The van der Waals surface area contributed by atoms with Crippen molar-refractivity contribution in [2.75, 3.05) is 32.8 Å². The fraction of sp³-hybridized carbons (Fsp3) is 0.350. The molecule has 0 saturated carbocycles. The standard InChI is InChI=1S/C20H19Cl2N7O3/c1-30-15-6-16(31-2)19(22)17(18(15)21)12-5-10-7-25-20(26-13(10)8-24-12)27-14-9-32-4-3-11(14)28-29-23/h5-8,11,14H,3-4,9H2,1-2H3,(H,25,26,27)/t11-,14+/m0/s1. The van der Waals surface area contributed by atoms with E-state index >= 15 is 0 Å². The van der Waals surface area contributed by atoms with Gasteiger partial charge < -0.3 is 19.5 Å². The highest BCUT2D eigenvalue weighted by atomic mass is 35.5. The molecule has 12 heteroatoms. The van der Waals surface area contributed by atoms with Crippen LogP contribution in [0.2, 0.25) is 10.0 Å². The van der Waals surface area contributed by atoms with Crippen LogP contribution in [0.15, 0.2) is 29.6 Å². The Hall–Kier alpha value is -3.04. The summed E-state index contributed by atoms with van der Waals surface area (Å²) in [6.07, 6.45) is 3.91. The van der Waals surface area contributed by atoms with Crippen LogP contribution in [-0.2, 0) is 4.74 Å². The first-order chi connectivity index (χ1) is 15.5. The van der Waals surface area contributed by atoms with Crippen molar-refractivity contribution in [3.63, 3.8) is 0 Å². The molecule has 0 aliphatic carbocycles. The number of hydrogen-bond acceptors (Lipinski definition) is 8. The van der Waals surface area contributed by atoms with E-state index in [2.05, 4.69) is 30.3 Å². The van der Waals surface area contributed by atoms with Gasteiger partial charge in [-0.05, 0) is 18.0 Å². The molecule has 1 aliphatic rings. The fourth-order valence-corrected chi connectivity index (χ4v) is 4.18. The van der Waals surface area contributed by atoms with Gasteiger partial charge in [0.1, 0.15) is 11.5 Å². The van der Waals surface area contributed by atoms with Gasteiger partial charge in [0.15, 0.2) is 0 Å². The van der Waals surface area contributed by atoms with E-state index in [0.29, 0.717) is 63.9 Å². The molecule has 0 unspecified atom stereocenters. The first-order valence-corrected chi connectivity index (χ1v) is 10.4. The van der Waals surface area contributed by atoms with Gasteiger partial charge in [-0.1, -0.05) is 28.3 Å². The topological polar surface area (TPSA) is 127 Å². The van der Waals surface area contributed by atoms with Crippen molar-refractivity contribution in [1.82, 2.24) is 15.0 Å². The van der Waals surface area contributed by atoms with E-state index in [0.717, 1.165) is 5.39 Å². The maximum Gasteiger partial charge on any atom is 0.223 e. The van der Waals surface area contributed by atoms with Crippen molar-refractivity contribution >= 4 is 40.1 Å². The Morgan fingerprint density at radius 1 is 1.16 bits per heavy atom. The average Bonchev–Trinajstić information content (AvgIpc) is 2.81. The van der Waals surface area contributed by atoms with Crippen LogP contribution in [0.4, 0.5) is 5.95 Å². The number of aromatic nitrogens is 3. The summed E-state index contributed by atoms with van der Waals surface area (Å²) in [4.78, 5) is 16.3. The summed E-state index contributed by atoms with van der Waals surface area (Å²) >= 11 is 13.0. The minimum absolute atomic E-state index is 0.216. The molecule has 1 fully saturated rings. The second kappa shape index (κ2) is 9.62. The van der Waals surface area contributed by atoms with E-state index in [1.165, 1.54) is 14.2 Å². The van der Waals surface area contributed by atoms with Gasteiger partial charge in [0.05, 0.1) is 60.4 Å². The molecule has 0 bridgehead atoms. The number of methoxy groups -OCH3 is 2. The molecule has 10 nitrogen and oxygen atoms in total. The molecule has 3 heterocycles. The summed E-state index contributed by atoms with van der Waals surface area (Å²) in [5.74, 6) is 1.23. The normalized spacial score (nSPS) is 18.1. The van der Waals surface area contributed by atoms with Gasteiger partial charge >= 0.3 is 0 Å². The monoisotopic (exact) mass is 475 g/mol. The maximum absolute atomic E-state index is 8.78. The third-order valence-electron chi connectivity index (χ3n) is 5.13.